The van der Waals surface area contributed by atoms with E-state index in [0.29, 0.717) is 36.9 Å². The molecule has 1 aromatic heterocycles. The first-order chi connectivity index (χ1) is 11.9. The van der Waals surface area contributed by atoms with Crippen molar-refractivity contribution in [2.45, 2.75) is 31.2 Å². The van der Waals surface area contributed by atoms with Crippen LogP contribution in [0.2, 0.25) is 0 Å². The number of nitrogens with one attached hydrogen (secondary N) is 1. The highest BCUT2D eigenvalue weighted by Gasteiger charge is 2.27. The Balaban J connectivity index is 2.02. The summed E-state index contributed by atoms with van der Waals surface area (Å²) in [6.07, 6.45) is 0.895. The smallest absolute Gasteiger partial charge is 0.243 e. The van der Waals surface area contributed by atoms with Gasteiger partial charge in [-0.1, -0.05) is 19.1 Å². The lowest BCUT2D eigenvalue weighted by atomic mass is 10.2. The Morgan fingerprint density at radius 2 is 2.08 bits per heavy atom. The van der Waals surface area contributed by atoms with Crippen molar-refractivity contribution in [2.24, 2.45) is 0 Å². The molecule has 2 aromatic rings. The van der Waals surface area contributed by atoms with Crippen molar-refractivity contribution in [3.63, 3.8) is 0 Å². The third-order valence-corrected chi connectivity index (χ3v) is 6.62. The highest BCUT2D eigenvalue weighted by atomic mass is 32.2. The summed E-state index contributed by atoms with van der Waals surface area (Å²) in [6, 6.07) is 7.03. The van der Waals surface area contributed by atoms with Crippen LogP contribution in [0.1, 0.15) is 26.3 Å². The van der Waals surface area contributed by atoms with Crippen LogP contribution in [0.4, 0.5) is 0 Å². The van der Waals surface area contributed by atoms with Crippen LogP contribution in [-0.2, 0) is 14.8 Å². The monoisotopic (exact) mass is 382 g/mol. The molecule has 1 saturated heterocycles. The Hall–Kier alpha value is -1.55. The van der Waals surface area contributed by atoms with Gasteiger partial charge in [-0.05, 0) is 37.7 Å². The topological polar surface area (TPSA) is 80.2 Å². The maximum Gasteiger partial charge on any atom is 0.243 e. The second-order valence-corrected chi connectivity index (χ2v) is 8.35. The Morgan fingerprint density at radius 1 is 1.36 bits per heavy atom. The molecule has 1 N–H and O–H groups in total. The highest BCUT2D eigenvalue weighted by Crippen LogP contribution is 2.26. The van der Waals surface area contributed by atoms with Gasteiger partial charge in [0, 0.05) is 24.7 Å². The number of aromatic amines is 1. The summed E-state index contributed by atoms with van der Waals surface area (Å²) in [7, 11) is -3.54. The van der Waals surface area contributed by atoms with Gasteiger partial charge in [0.25, 0.3) is 0 Å². The van der Waals surface area contributed by atoms with Crippen molar-refractivity contribution in [1.82, 2.24) is 19.1 Å². The number of aromatic nitrogens is 3. The first-order valence-electron chi connectivity index (χ1n) is 8.30. The maximum absolute atomic E-state index is 12.9. The van der Waals surface area contributed by atoms with E-state index in [0.717, 1.165) is 12.0 Å². The zero-order valence-electron chi connectivity index (χ0n) is 14.3. The lowest BCUT2D eigenvalue weighted by Crippen LogP contribution is -2.40. The summed E-state index contributed by atoms with van der Waals surface area (Å²) in [4.78, 5) is 0.261. The molecule has 25 heavy (non-hydrogen) atoms. The number of rotatable bonds is 5. The largest absolute Gasteiger partial charge is 0.379 e. The van der Waals surface area contributed by atoms with Crippen LogP contribution >= 0.6 is 12.2 Å². The zero-order chi connectivity index (χ0) is 18.0. The zero-order valence-corrected chi connectivity index (χ0v) is 15.9. The van der Waals surface area contributed by atoms with Crippen molar-refractivity contribution in [3.05, 3.63) is 29.0 Å². The van der Waals surface area contributed by atoms with E-state index in [4.69, 9.17) is 17.0 Å². The first kappa shape index (κ1) is 18.2. The van der Waals surface area contributed by atoms with Crippen LogP contribution in [0.5, 0.6) is 0 Å². The van der Waals surface area contributed by atoms with E-state index >= 15 is 0 Å². The normalized spacial score (nSPS) is 17.5. The van der Waals surface area contributed by atoms with E-state index in [9.17, 15) is 8.42 Å². The van der Waals surface area contributed by atoms with Gasteiger partial charge in [0.15, 0.2) is 10.6 Å². The van der Waals surface area contributed by atoms with Gasteiger partial charge in [-0.15, -0.1) is 0 Å². The molecule has 0 unspecified atom stereocenters. The summed E-state index contributed by atoms with van der Waals surface area (Å²) in [5.74, 6) is 0.651. The number of nitrogens with zero attached hydrogens (tertiary/aromatic N) is 3. The molecule has 2 heterocycles. The van der Waals surface area contributed by atoms with Crippen molar-refractivity contribution >= 4 is 22.2 Å². The molecule has 1 aliphatic rings. The number of hydrogen-bond acceptors (Lipinski definition) is 5. The average molecular weight is 383 g/mol. The molecule has 0 radical (unpaired) electrons. The van der Waals surface area contributed by atoms with Crippen molar-refractivity contribution < 1.29 is 13.2 Å². The second kappa shape index (κ2) is 7.36. The fourth-order valence-corrected chi connectivity index (χ4v) is 4.60. The summed E-state index contributed by atoms with van der Waals surface area (Å²) >= 11 is 5.33. The molecule has 136 valence electrons. The molecule has 1 aliphatic heterocycles. The molecular formula is C16H22N4O3S2. The van der Waals surface area contributed by atoms with E-state index in [1.807, 2.05) is 10.6 Å². The molecular weight excluding hydrogens is 360 g/mol. The van der Waals surface area contributed by atoms with E-state index in [1.165, 1.54) is 4.31 Å². The van der Waals surface area contributed by atoms with E-state index < -0.39 is 10.0 Å². The van der Waals surface area contributed by atoms with Crippen molar-refractivity contribution in [3.8, 4) is 11.4 Å². The minimum Gasteiger partial charge on any atom is -0.379 e. The molecule has 7 nitrogen and oxygen atoms in total. The van der Waals surface area contributed by atoms with Gasteiger partial charge < -0.3 is 4.74 Å². The molecule has 3 rings (SSSR count). The highest BCUT2D eigenvalue weighted by molar-refractivity contribution is 7.89. The lowest BCUT2D eigenvalue weighted by molar-refractivity contribution is 0.0730. The number of hydrogen-bond donors (Lipinski definition) is 1. The van der Waals surface area contributed by atoms with Crippen LogP contribution in [0.3, 0.4) is 0 Å². The van der Waals surface area contributed by atoms with Gasteiger partial charge in [0.1, 0.15) is 0 Å². The molecule has 0 bridgehead atoms. The molecule has 9 heteroatoms. The van der Waals surface area contributed by atoms with Gasteiger partial charge in [-0.2, -0.15) is 9.40 Å². The van der Waals surface area contributed by atoms with E-state index in [-0.39, 0.29) is 10.9 Å². The Morgan fingerprint density at radius 3 is 2.76 bits per heavy atom. The SMILES string of the molecule is CC[C@@H](C)n1c(-c2cccc(S(=O)(=O)N3CCOCC3)c2)n[nH]c1=S. The average Bonchev–Trinajstić information content (AvgIpc) is 3.03. The Bertz CT molecular complexity index is 898. The maximum atomic E-state index is 12.9. The number of benzene rings is 1. The molecule has 0 spiro atoms. The summed E-state index contributed by atoms with van der Waals surface area (Å²) in [6.45, 7) is 5.72. The summed E-state index contributed by atoms with van der Waals surface area (Å²) in [5.41, 5.74) is 0.724. The molecule has 1 aromatic carbocycles. The summed E-state index contributed by atoms with van der Waals surface area (Å²) in [5, 5.41) is 7.12. The van der Waals surface area contributed by atoms with Gasteiger partial charge >= 0.3 is 0 Å². The standard InChI is InChI=1S/C16H22N4O3S2/c1-3-12(2)20-15(17-18-16(20)24)13-5-4-6-14(11-13)25(21,22)19-7-9-23-10-8-19/h4-6,11-12H,3,7-10H2,1-2H3,(H,18,24)/t12-/m1/s1. The minimum atomic E-state index is -3.54. The van der Waals surface area contributed by atoms with Crippen LogP contribution in [0, 0.1) is 4.77 Å². The first-order valence-corrected chi connectivity index (χ1v) is 10.1. The van der Waals surface area contributed by atoms with Gasteiger partial charge in [-0.25, -0.2) is 8.42 Å². The van der Waals surface area contributed by atoms with Gasteiger partial charge in [0.2, 0.25) is 10.0 Å². The van der Waals surface area contributed by atoms with Crippen LogP contribution in [-0.4, -0.2) is 53.8 Å². The molecule has 0 saturated carbocycles. The lowest BCUT2D eigenvalue weighted by Gasteiger charge is -2.26. The predicted molar refractivity (Wildman–Crippen MR) is 97.4 cm³/mol. The quantitative estimate of drug-likeness (QED) is 0.804. The summed E-state index contributed by atoms with van der Waals surface area (Å²) < 4.78 is 34.9. The molecule has 1 atom stereocenters. The van der Waals surface area contributed by atoms with Crippen molar-refractivity contribution in [2.75, 3.05) is 26.3 Å². The fourth-order valence-electron chi connectivity index (χ4n) is 2.83. The van der Waals surface area contributed by atoms with Crippen LogP contribution in [0.25, 0.3) is 11.4 Å². The molecule has 1 fully saturated rings. The van der Waals surface area contributed by atoms with Gasteiger partial charge in [0.05, 0.1) is 18.1 Å². The van der Waals surface area contributed by atoms with Gasteiger partial charge in [-0.3, -0.25) is 9.67 Å². The van der Waals surface area contributed by atoms with Crippen LogP contribution < -0.4 is 0 Å². The third kappa shape index (κ3) is 3.55. The second-order valence-electron chi connectivity index (χ2n) is 6.02. The fraction of sp³-hybridized carbons (Fsp3) is 0.500. The van der Waals surface area contributed by atoms with Crippen LogP contribution in [0.15, 0.2) is 29.2 Å². The number of ether oxygens (including phenoxy) is 1. The van der Waals surface area contributed by atoms with E-state index in [2.05, 4.69) is 24.0 Å². The predicted octanol–water partition coefficient (Wildman–Crippen LogP) is 2.60. The number of morpholine rings is 1. The Labute approximate surface area is 152 Å². The third-order valence-electron chi connectivity index (χ3n) is 4.44. The molecule has 0 aliphatic carbocycles. The minimum absolute atomic E-state index is 0.167. The molecule has 0 amide bonds. The number of H-pyrrole nitrogens is 1. The van der Waals surface area contributed by atoms with Crippen molar-refractivity contribution in [1.29, 1.82) is 0 Å². The van der Waals surface area contributed by atoms with E-state index in [1.54, 1.807) is 18.2 Å². The Kier molecular flexibility index (Phi) is 5.38. The number of sulfonamides is 1.